The summed E-state index contributed by atoms with van der Waals surface area (Å²) < 4.78 is 1.99. The summed E-state index contributed by atoms with van der Waals surface area (Å²) in [6.07, 6.45) is 7.02. The number of aryl methyl sites for hydroxylation is 1. The first-order valence-corrected chi connectivity index (χ1v) is 7.31. The van der Waals surface area contributed by atoms with E-state index in [0.717, 1.165) is 37.9 Å². The van der Waals surface area contributed by atoms with Gasteiger partial charge in [-0.3, -0.25) is 4.68 Å². The van der Waals surface area contributed by atoms with E-state index in [0.29, 0.717) is 11.8 Å². The smallest absolute Gasteiger partial charge is 0.106 e. The van der Waals surface area contributed by atoms with Crippen LogP contribution in [0, 0.1) is 11.8 Å². The SMILES string of the molecule is CCCn1nccc1C1(O)CCCC(C(C)C)C1. The number of nitrogens with zero attached hydrogens (tertiary/aromatic N) is 2. The van der Waals surface area contributed by atoms with Gasteiger partial charge in [0.1, 0.15) is 5.60 Å². The monoisotopic (exact) mass is 250 g/mol. The zero-order valence-electron chi connectivity index (χ0n) is 11.9. The number of hydrogen-bond donors (Lipinski definition) is 1. The van der Waals surface area contributed by atoms with Crippen LogP contribution in [0.25, 0.3) is 0 Å². The molecule has 0 saturated heterocycles. The molecule has 3 heteroatoms. The summed E-state index contributed by atoms with van der Waals surface area (Å²) in [6.45, 7) is 7.57. The molecule has 1 aromatic heterocycles. The molecule has 1 aliphatic rings. The third-order valence-electron chi connectivity index (χ3n) is 4.34. The van der Waals surface area contributed by atoms with Crippen molar-refractivity contribution in [2.75, 3.05) is 0 Å². The van der Waals surface area contributed by atoms with Crippen LogP contribution in [0.5, 0.6) is 0 Å². The normalized spacial score (nSPS) is 28.8. The fourth-order valence-corrected chi connectivity index (χ4v) is 3.21. The van der Waals surface area contributed by atoms with Gasteiger partial charge < -0.3 is 5.11 Å². The molecular weight excluding hydrogens is 224 g/mol. The molecule has 1 aliphatic carbocycles. The Labute approximate surface area is 110 Å². The van der Waals surface area contributed by atoms with Gasteiger partial charge in [-0.05, 0) is 50.0 Å². The van der Waals surface area contributed by atoms with Crippen molar-refractivity contribution in [3.8, 4) is 0 Å². The van der Waals surface area contributed by atoms with Crippen LogP contribution in [0.1, 0.15) is 58.6 Å². The Hall–Kier alpha value is -0.830. The van der Waals surface area contributed by atoms with Crippen molar-refractivity contribution in [3.63, 3.8) is 0 Å². The van der Waals surface area contributed by atoms with Crippen LogP contribution in [-0.2, 0) is 12.1 Å². The van der Waals surface area contributed by atoms with E-state index in [9.17, 15) is 5.11 Å². The first kappa shape index (κ1) is 13.6. The van der Waals surface area contributed by atoms with Gasteiger partial charge in [0.25, 0.3) is 0 Å². The molecule has 0 radical (unpaired) electrons. The van der Waals surface area contributed by atoms with E-state index in [1.165, 1.54) is 6.42 Å². The molecule has 102 valence electrons. The lowest BCUT2D eigenvalue weighted by molar-refractivity contribution is -0.0365. The summed E-state index contributed by atoms with van der Waals surface area (Å²) in [7, 11) is 0. The highest BCUT2D eigenvalue weighted by Crippen LogP contribution is 2.42. The zero-order chi connectivity index (χ0) is 13.2. The van der Waals surface area contributed by atoms with Crippen molar-refractivity contribution in [3.05, 3.63) is 18.0 Å². The third-order valence-corrected chi connectivity index (χ3v) is 4.34. The second-order valence-corrected chi connectivity index (χ2v) is 6.07. The van der Waals surface area contributed by atoms with Crippen LogP contribution >= 0.6 is 0 Å². The van der Waals surface area contributed by atoms with Crippen LogP contribution in [0.2, 0.25) is 0 Å². The summed E-state index contributed by atoms with van der Waals surface area (Å²) in [6, 6.07) is 2.00. The number of rotatable bonds is 4. The molecule has 0 amide bonds. The Balaban J connectivity index is 2.21. The highest BCUT2D eigenvalue weighted by Gasteiger charge is 2.38. The van der Waals surface area contributed by atoms with Crippen molar-refractivity contribution in [2.24, 2.45) is 11.8 Å². The number of aromatic nitrogens is 2. The molecule has 3 nitrogen and oxygen atoms in total. The van der Waals surface area contributed by atoms with Crippen LogP contribution < -0.4 is 0 Å². The summed E-state index contributed by atoms with van der Waals surface area (Å²) in [4.78, 5) is 0. The maximum atomic E-state index is 11.0. The largest absolute Gasteiger partial charge is 0.384 e. The van der Waals surface area contributed by atoms with Gasteiger partial charge in [0.2, 0.25) is 0 Å². The zero-order valence-corrected chi connectivity index (χ0v) is 11.9. The molecule has 2 atom stereocenters. The predicted molar refractivity (Wildman–Crippen MR) is 73.2 cm³/mol. The second-order valence-electron chi connectivity index (χ2n) is 6.07. The Bertz CT molecular complexity index is 386. The Morgan fingerprint density at radius 3 is 3.00 bits per heavy atom. The van der Waals surface area contributed by atoms with Gasteiger partial charge in [-0.2, -0.15) is 5.10 Å². The molecule has 1 heterocycles. The van der Waals surface area contributed by atoms with Gasteiger partial charge in [0, 0.05) is 12.7 Å². The fraction of sp³-hybridized carbons (Fsp3) is 0.800. The lowest BCUT2D eigenvalue weighted by Crippen LogP contribution is -2.36. The lowest BCUT2D eigenvalue weighted by atomic mass is 9.72. The van der Waals surface area contributed by atoms with Crippen LogP contribution in [-0.4, -0.2) is 14.9 Å². The molecule has 2 unspecified atom stereocenters. The van der Waals surface area contributed by atoms with Crippen LogP contribution in [0.4, 0.5) is 0 Å². The van der Waals surface area contributed by atoms with Crippen molar-refractivity contribution >= 4 is 0 Å². The first-order valence-electron chi connectivity index (χ1n) is 7.31. The molecule has 0 bridgehead atoms. The average molecular weight is 250 g/mol. The molecule has 18 heavy (non-hydrogen) atoms. The van der Waals surface area contributed by atoms with Gasteiger partial charge >= 0.3 is 0 Å². The first-order chi connectivity index (χ1) is 8.57. The molecule has 1 saturated carbocycles. The number of hydrogen-bond acceptors (Lipinski definition) is 2. The van der Waals surface area contributed by atoms with Gasteiger partial charge in [0.05, 0.1) is 5.69 Å². The standard InChI is InChI=1S/C15H26N2O/c1-4-10-17-14(7-9-16-17)15(18)8-5-6-13(11-15)12(2)3/h7,9,12-13,18H,4-6,8,10-11H2,1-3H3. The highest BCUT2D eigenvalue weighted by molar-refractivity contribution is 5.13. The fourth-order valence-electron chi connectivity index (χ4n) is 3.21. The van der Waals surface area contributed by atoms with E-state index in [-0.39, 0.29) is 0 Å². The summed E-state index contributed by atoms with van der Waals surface area (Å²) in [5.74, 6) is 1.29. The number of aliphatic hydroxyl groups is 1. The van der Waals surface area contributed by atoms with Gasteiger partial charge in [0.15, 0.2) is 0 Å². The van der Waals surface area contributed by atoms with Crippen LogP contribution in [0.3, 0.4) is 0 Å². The topological polar surface area (TPSA) is 38.0 Å². The molecule has 0 spiro atoms. The third kappa shape index (κ3) is 2.61. The molecule has 0 aliphatic heterocycles. The summed E-state index contributed by atoms with van der Waals surface area (Å²) in [5, 5.41) is 15.4. The minimum absolute atomic E-state index is 0.633. The predicted octanol–water partition coefficient (Wildman–Crippen LogP) is 3.33. The van der Waals surface area contributed by atoms with E-state index in [4.69, 9.17) is 0 Å². The average Bonchev–Trinajstić information content (AvgIpc) is 2.78. The van der Waals surface area contributed by atoms with Crippen LogP contribution in [0.15, 0.2) is 12.3 Å². The van der Waals surface area contributed by atoms with Crippen molar-refractivity contribution < 1.29 is 5.11 Å². The van der Waals surface area contributed by atoms with E-state index < -0.39 is 5.60 Å². The molecule has 0 aromatic carbocycles. The molecule has 1 aromatic rings. The maximum Gasteiger partial charge on any atom is 0.106 e. The molecule has 1 N–H and O–H groups in total. The highest BCUT2D eigenvalue weighted by atomic mass is 16.3. The van der Waals surface area contributed by atoms with E-state index >= 15 is 0 Å². The lowest BCUT2D eigenvalue weighted by Gasteiger charge is -2.38. The van der Waals surface area contributed by atoms with Crippen molar-refractivity contribution in [1.82, 2.24) is 9.78 Å². The molecule has 2 rings (SSSR count). The van der Waals surface area contributed by atoms with Crippen molar-refractivity contribution in [1.29, 1.82) is 0 Å². The summed E-state index contributed by atoms with van der Waals surface area (Å²) in [5.41, 5.74) is 0.369. The van der Waals surface area contributed by atoms with Gasteiger partial charge in [-0.15, -0.1) is 0 Å². The molecular formula is C15H26N2O. The minimum atomic E-state index is -0.654. The van der Waals surface area contributed by atoms with E-state index in [1.54, 1.807) is 0 Å². The van der Waals surface area contributed by atoms with E-state index in [2.05, 4.69) is 25.9 Å². The van der Waals surface area contributed by atoms with E-state index in [1.807, 2.05) is 16.9 Å². The van der Waals surface area contributed by atoms with Gasteiger partial charge in [-0.1, -0.05) is 20.8 Å². The second kappa shape index (κ2) is 5.43. The molecule has 1 fully saturated rings. The van der Waals surface area contributed by atoms with Gasteiger partial charge in [-0.25, -0.2) is 0 Å². The quantitative estimate of drug-likeness (QED) is 0.890. The maximum absolute atomic E-state index is 11.0. The Kier molecular flexibility index (Phi) is 4.10. The minimum Gasteiger partial charge on any atom is -0.384 e. The Morgan fingerprint density at radius 2 is 2.33 bits per heavy atom. The Morgan fingerprint density at radius 1 is 1.56 bits per heavy atom. The summed E-state index contributed by atoms with van der Waals surface area (Å²) >= 11 is 0. The van der Waals surface area contributed by atoms with Crippen molar-refractivity contribution in [2.45, 2.75) is 65.0 Å².